The van der Waals surface area contributed by atoms with Crippen LogP contribution in [-0.4, -0.2) is 118 Å². The number of halogens is 4. The molecule has 0 bridgehead atoms. The molecule has 6 atom stereocenters. The first kappa shape index (κ1) is 54.2. The van der Waals surface area contributed by atoms with Crippen LogP contribution in [0.3, 0.4) is 0 Å². The van der Waals surface area contributed by atoms with Crippen molar-refractivity contribution in [1.29, 1.82) is 10.5 Å². The molecule has 394 valence electrons. The van der Waals surface area contributed by atoms with Crippen LogP contribution in [0.15, 0.2) is 73.1 Å². The fourth-order valence-corrected chi connectivity index (χ4v) is 11.9. The highest BCUT2D eigenvalue weighted by atomic mass is 35.5. The maximum absolute atomic E-state index is 13.7. The number of likely N-dealkylation sites (tertiary alicyclic amines) is 4. The largest absolute Gasteiger partial charge is 0.474 e. The van der Waals surface area contributed by atoms with Gasteiger partial charge in [-0.3, -0.25) is 19.2 Å². The molecule has 10 rings (SSSR count). The lowest BCUT2D eigenvalue weighted by atomic mass is 9.86. The van der Waals surface area contributed by atoms with Crippen molar-refractivity contribution in [1.82, 2.24) is 29.6 Å². The molecule has 0 N–H and O–H groups in total. The number of rotatable bonds is 12. The highest BCUT2D eigenvalue weighted by Gasteiger charge is 2.49. The lowest BCUT2D eigenvalue weighted by molar-refractivity contribution is -0.142. The van der Waals surface area contributed by atoms with Crippen molar-refractivity contribution in [2.24, 2.45) is 35.0 Å². The molecule has 6 heterocycles. The van der Waals surface area contributed by atoms with Gasteiger partial charge < -0.3 is 29.1 Å². The number of hydrogen-bond donors (Lipinski definition) is 0. The summed E-state index contributed by atoms with van der Waals surface area (Å²) in [4.78, 5) is 68.8. The van der Waals surface area contributed by atoms with Crippen LogP contribution < -0.4 is 9.47 Å². The third-order valence-electron chi connectivity index (χ3n) is 16.4. The number of nitriles is 2. The molecule has 75 heavy (non-hydrogen) atoms. The van der Waals surface area contributed by atoms with E-state index in [4.69, 9.17) is 66.4 Å². The van der Waals surface area contributed by atoms with Crippen LogP contribution in [0.1, 0.15) is 106 Å². The molecule has 2 saturated carbocycles. The molecule has 4 aliphatic heterocycles. The van der Waals surface area contributed by atoms with Crippen LogP contribution in [0.4, 0.5) is 0 Å². The number of piperidine rings is 2. The molecule has 4 saturated heterocycles. The Kier molecular flexibility index (Phi) is 16.8. The summed E-state index contributed by atoms with van der Waals surface area (Å²) >= 11 is 25.1. The molecule has 6 aliphatic rings. The molecular weight excluding hydrogens is 1030 g/mol. The fourth-order valence-electron chi connectivity index (χ4n) is 11.3. The molecule has 2 aliphatic carbocycles. The monoisotopic (exact) mass is 1090 g/mol. The number of ether oxygens (including phenoxy) is 2. The van der Waals surface area contributed by atoms with E-state index in [1.807, 2.05) is 64.6 Å². The van der Waals surface area contributed by atoms with Crippen LogP contribution in [0.25, 0.3) is 0 Å². The van der Waals surface area contributed by atoms with Gasteiger partial charge in [0.1, 0.15) is 24.3 Å². The zero-order valence-corrected chi connectivity index (χ0v) is 45.5. The molecule has 6 unspecified atom stereocenters. The molecular formula is C57H62Cl4N8O6. The van der Waals surface area contributed by atoms with E-state index in [0.717, 1.165) is 36.8 Å². The van der Waals surface area contributed by atoms with Crippen molar-refractivity contribution >= 4 is 70.0 Å². The molecule has 14 nitrogen and oxygen atoms in total. The average Bonchev–Trinajstić information content (AvgIpc) is 4.33. The first-order chi connectivity index (χ1) is 36.0. The van der Waals surface area contributed by atoms with Gasteiger partial charge >= 0.3 is 0 Å². The van der Waals surface area contributed by atoms with E-state index in [1.54, 1.807) is 36.4 Å². The zero-order chi connectivity index (χ0) is 53.1. The number of amides is 4. The predicted octanol–water partition coefficient (Wildman–Crippen LogP) is 10.2. The summed E-state index contributed by atoms with van der Waals surface area (Å²) in [6.07, 6.45) is 9.23. The second kappa shape index (κ2) is 23.3. The van der Waals surface area contributed by atoms with Crippen LogP contribution >= 0.6 is 46.4 Å². The maximum Gasteiger partial charge on any atom is 0.228 e. The Balaban J connectivity index is 0.000000184. The number of aromatic nitrogens is 2. The van der Waals surface area contributed by atoms with Gasteiger partial charge in [-0.1, -0.05) is 65.5 Å². The quantitative estimate of drug-likeness (QED) is 0.133. The van der Waals surface area contributed by atoms with Gasteiger partial charge in [0.25, 0.3) is 0 Å². The number of hydrogen-bond acceptors (Lipinski definition) is 10. The molecule has 2 aromatic carbocycles. The summed E-state index contributed by atoms with van der Waals surface area (Å²) in [5, 5.41) is 20.0. The van der Waals surface area contributed by atoms with Crippen molar-refractivity contribution in [3.63, 3.8) is 0 Å². The molecule has 2 aromatic heterocycles. The van der Waals surface area contributed by atoms with E-state index in [-0.39, 0.29) is 82.7 Å². The van der Waals surface area contributed by atoms with Crippen molar-refractivity contribution < 1.29 is 28.7 Å². The Bertz CT molecular complexity index is 2840. The van der Waals surface area contributed by atoms with Crippen LogP contribution in [-0.2, 0) is 19.2 Å². The molecule has 0 radical (unpaired) electrons. The van der Waals surface area contributed by atoms with Gasteiger partial charge in [0.05, 0.1) is 31.2 Å². The van der Waals surface area contributed by atoms with Crippen LogP contribution in [0, 0.1) is 57.7 Å². The lowest BCUT2D eigenvalue weighted by Gasteiger charge is -2.34. The Morgan fingerprint density at radius 3 is 1.32 bits per heavy atom. The second-order valence-electron chi connectivity index (χ2n) is 21.5. The van der Waals surface area contributed by atoms with Crippen LogP contribution in [0.5, 0.6) is 11.8 Å². The summed E-state index contributed by atoms with van der Waals surface area (Å²) in [5.74, 6) is 1.77. The highest BCUT2D eigenvalue weighted by Crippen LogP contribution is 2.47. The Morgan fingerprint density at radius 2 is 0.960 bits per heavy atom. The number of carbonyl (C=O) groups is 4. The molecule has 0 spiro atoms. The third kappa shape index (κ3) is 12.6. The minimum Gasteiger partial charge on any atom is -0.474 e. The van der Waals surface area contributed by atoms with Crippen molar-refractivity contribution in [2.75, 3.05) is 52.4 Å². The summed E-state index contributed by atoms with van der Waals surface area (Å²) in [7, 11) is 0. The summed E-state index contributed by atoms with van der Waals surface area (Å²) in [6.45, 7) is 10.9. The van der Waals surface area contributed by atoms with Gasteiger partial charge in [-0.25, -0.2) is 9.97 Å². The van der Waals surface area contributed by atoms with E-state index < -0.39 is 0 Å². The van der Waals surface area contributed by atoms with Crippen molar-refractivity contribution in [3.8, 4) is 23.9 Å². The average molecular weight is 1100 g/mol. The van der Waals surface area contributed by atoms with Gasteiger partial charge in [0, 0.05) is 124 Å². The van der Waals surface area contributed by atoms with Crippen LogP contribution in [0.2, 0.25) is 20.1 Å². The minimum absolute atomic E-state index is 0.00474. The van der Waals surface area contributed by atoms with E-state index in [0.29, 0.717) is 121 Å². The van der Waals surface area contributed by atoms with Gasteiger partial charge in [-0.15, -0.1) is 0 Å². The molecule has 6 fully saturated rings. The molecule has 18 heteroatoms. The SMILES string of the molecule is CC(Oc1ccc(C#N)cn1)C1CN(C(=O)C2CCN(C(=O)C3(C)CC3)CC2)CC1c1ccc(Cl)c(Cl)c1.CC(Oc1ccc(C#N)cn1)C1CN(C(=O)C2CCN(C(=O)C3CC3)CC2)CC1c1ccc(Cl)c(Cl)c1. The van der Waals surface area contributed by atoms with Gasteiger partial charge in [0.2, 0.25) is 35.4 Å². The normalized spacial score (nSPS) is 23.3. The fraction of sp³-hybridized carbons (Fsp3) is 0.509. The summed E-state index contributed by atoms with van der Waals surface area (Å²) < 4.78 is 12.4. The number of nitrogens with zero attached hydrogens (tertiary/aromatic N) is 8. The second-order valence-corrected chi connectivity index (χ2v) is 23.1. The molecule has 4 amide bonds. The predicted molar refractivity (Wildman–Crippen MR) is 285 cm³/mol. The summed E-state index contributed by atoms with van der Waals surface area (Å²) in [6, 6.07) is 22.1. The Labute approximate surface area is 459 Å². The topological polar surface area (TPSA) is 173 Å². The number of carbonyl (C=O) groups excluding carboxylic acids is 4. The van der Waals surface area contributed by atoms with E-state index in [2.05, 4.69) is 22.1 Å². The number of pyridine rings is 2. The van der Waals surface area contributed by atoms with E-state index in [9.17, 15) is 19.2 Å². The summed E-state index contributed by atoms with van der Waals surface area (Å²) in [5.41, 5.74) is 2.79. The highest BCUT2D eigenvalue weighted by molar-refractivity contribution is 6.42. The lowest BCUT2D eigenvalue weighted by Crippen LogP contribution is -2.46. The Hall–Kier alpha value is -5.64. The maximum atomic E-state index is 13.7. The molecule has 4 aromatic rings. The zero-order valence-electron chi connectivity index (χ0n) is 42.5. The van der Waals surface area contributed by atoms with E-state index in [1.165, 1.54) is 12.4 Å². The first-order valence-corrected chi connectivity index (χ1v) is 27.6. The van der Waals surface area contributed by atoms with Gasteiger partial charge in [0.15, 0.2) is 0 Å². The van der Waals surface area contributed by atoms with Crippen molar-refractivity contribution in [2.45, 2.75) is 96.2 Å². The smallest absolute Gasteiger partial charge is 0.228 e. The Morgan fingerprint density at radius 1 is 0.560 bits per heavy atom. The minimum atomic E-state index is -0.244. The first-order valence-electron chi connectivity index (χ1n) is 26.1. The number of benzene rings is 2. The van der Waals surface area contributed by atoms with Gasteiger partial charge in [-0.2, -0.15) is 10.5 Å². The van der Waals surface area contributed by atoms with Crippen molar-refractivity contribution in [3.05, 3.63) is 115 Å². The third-order valence-corrected chi connectivity index (χ3v) is 17.9. The van der Waals surface area contributed by atoms with E-state index >= 15 is 0 Å². The standard InChI is InChI=1S/C29H32Cl2N4O3.C28H30Cl2N4O3/c1-18(38-26-6-3-19(14-32)15-33-26)22-16-35(17-23(22)21-4-5-24(30)25(31)13-21)27(36)20-7-11-34(12-8-20)28(37)29(2)9-10-29;1-17(37-26-7-2-18(13-31)14-32-26)22-15-34(16-23(22)21-5-6-24(29)25(30)12-21)28(36)20-8-10-33(11-9-20)27(35)19-3-4-19/h3-6,13,15,18,20,22-23H,7-12,16-17H2,1-2H3;2,5-7,12,14,17,19-20,22-23H,3-4,8-11,15-16H2,1H3. The van der Waals surface area contributed by atoms with Gasteiger partial charge in [-0.05, 0) is 113 Å².